The predicted molar refractivity (Wildman–Crippen MR) is 52.2 cm³/mol. The molecule has 5 heteroatoms. The maximum Gasteiger partial charge on any atom is 0.213 e. The number of phenolic OH excluding ortho intramolecular Hbond substituents is 1. The van der Waals surface area contributed by atoms with Gasteiger partial charge in [-0.1, -0.05) is 0 Å². The Balaban J connectivity index is 2.52. The van der Waals surface area contributed by atoms with E-state index in [-0.39, 0.29) is 5.69 Å². The molecule has 2 N–H and O–H groups in total. The van der Waals surface area contributed by atoms with Crippen molar-refractivity contribution < 1.29 is 18.7 Å². The van der Waals surface area contributed by atoms with Gasteiger partial charge in [0, 0.05) is 12.3 Å². The van der Waals surface area contributed by atoms with Crippen LogP contribution in [0.5, 0.6) is 5.75 Å². The Morgan fingerprint density at radius 3 is 2.69 bits per heavy atom. The van der Waals surface area contributed by atoms with Crippen LogP contribution in [-0.2, 0) is 0 Å². The van der Waals surface area contributed by atoms with Gasteiger partial charge in [0.05, 0.1) is 11.3 Å². The number of hydrogen-bond donors (Lipinski definition) is 2. The Morgan fingerprint density at radius 2 is 2.06 bits per heavy atom. The fourth-order valence-corrected chi connectivity index (χ4v) is 1.36. The summed E-state index contributed by atoms with van der Waals surface area (Å²) >= 11 is 0. The lowest BCUT2D eigenvalue weighted by atomic mass is 10.1. The zero-order valence-corrected chi connectivity index (χ0v) is 8.00. The Bertz CT molecular complexity index is 535. The van der Waals surface area contributed by atoms with E-state index in [9.17, 15) is 18.7 Å². The lowest BCUT2D eigenvalue weighted by molar-refractivity contribution is 0.103. The molecule has 0 spiro atoms. The quantitative estimate of drug-likeness (QED) is 0.767. The molecule has 0 aliphatic rings. The molecule has 0 saturated carbocycles. The highest BCUT2D eigenvalue weighted by Gasteiger charge is 2.18. The van der Waals surface area contributed by atoms with Crippen LogP contribution in [0.1, 0.15) is 16.1 Å². The molecule has 2 aromatic rings. The number of H-pyrrole nitrogens is 1. The molecule has 16 heavy (non-hydrogen) atoms. The Kier molecular flexibility index (Phi) is 2.44. The highest BCUT2D eigenvalue weighted by Crippen LogP contribution is 2.24. The van der Waals surface area contributed by atoms with E-state index in [2.05, 4.69) is 4.98 Å². The van der Waals surface area contributed by atoms with Crippen molar-refractivity contribution in [3.63, 3.8) is 0 Å². The summed E-state index contributed by atoms with van der Waals surface area (Å²) in [5.74, 6) is -3.58. The number of ketones is 1. The van der Waals surface area contributed by atoms with E-state index in [4.69, 9.17) is 0 Å². The molecule has 1 aromatic carbocycles. The van der Waals surface area contributed by atoms with E-state index in [1.807, 2.05) is 0 Å². The number of carbonyl (C=O) groups excluding carboxylic acids is 1. The number of hydrogen-bond acceptors (Lipinski definition) is 2. The molecule has 2 rings (SSSR count). The monoisotopic (exact) mass is 223 g/mol. The Morgan fingerprint density at radius 1 is 1.31 bits per heavy atom. The van der Waals surface area contributed by atoms with Crippen molar-refractivity contribution in [2.24, 2.45) is 0 Å². The lowest BCUT2D eigenvalue weighted by Crippen LogP contribution is -2.03. The van der Waals surface area contributed by atoms with Crippen LogP contribution in [0.25, 0.3) is 0 Å². The second-order valence-corrected chi connectivity index (χ2v) is 3.20. The maximum absolute atomic E-state index is 13.0. The summed E-state index contributed by atoms with van der Waals surface area (Å²) in [6, 6.07) is 4.33. The van der Waals surface area contributed by atoms with Gasteiger partial charge in [-0.2, -0.15) is 0 Å². The van der Waals surface area contributed by atoms with Gasteiger partial charge in [-0.15, -0.1) is 0 Å². The largest absolute Gasteiger partial charge is 0.504 e. The van der Waals surface area contributed by atoms with Crippen LogP contribution in [0.2, 0.25) is 0 Å². The van der Waals surface area contributed by atoms with Gasteiger partial charge in [0.25, 0.3) is 0 Å². The first-order valence-electron chi connectivity index (χ1n) is 4.45. The van der Waals surface area contributed by atoms with Crippen LogP contribution in [0.4, 0.5) is 8.78 Å². The predicted octanol–water partition coefficient (Wildman–Crippen LogP) is 2.23. The minimum absolute atomic E-state index is 0.153. The third-order valence-corrected chi connectivity index (χ3v) is 2.12. The van der Waals surface area contributed by atoms with E-state index in [1.165, 1.54) is 12.3 Å². The van der Waals surface area contributed by atoms with Gasteiger partial charge in [0.1, 0.15) is 5.82 Å². The molecule has 0 bridgehead atoms. The standard InChI is InChI=1S/C11H7F2NO2/c12-6-4-7(10(15)8(13)5-6)11(16)9-2-1-3-14-9/h1-5,14-15H. The zero-order valence-electron chi connectivity index (χ0n) is 8.00. The molecule has 1 aromatic heterocycles. The second-order valence-electron chi connectivity index (χ2n) is 3.20. The van der Waals surface area contributed by atoms with Crippen LogP contribution >= 0.6 is 0 Å². The molecule has 1 heterocycles. The SMILES string of the molecule is O=C(c1ccc[nH]1)c1cc(F)cc(F)c1O. The van der Waals surface area contributed by atoms with Gasteiger partial charge in [0.2, 0.25) is 5.78 Å². The van der Waals surface area contributed by atoms with Gasteiger partial charge >= 0.3 is 0 Å². The van der Waals surface area contributed by atoms with Crippen LogP contribution < -0.4 is 0 Å². The number of benzene rings is 1. The minimum Gasteiger partial charge on any atom is -0.504 e. The summed E-state index contributed by atoms with van der Waals surface area (Å²) in [6.45, 7) is 0. The van der Waals surface area contributed by atoms with Crippen molar-refractivity contribution in [1.29, 1.82) is 0 Å². The molecule has 0 aliphatic carbocycles. The van der Waals surface area contributed by atoms with Crippen molar-refractivity contribution >= 4 is 5.78 Å². The first-order valence-corrected chi connectivity index (χ1v) is 4.45. The van der Waals surface area contributed by atoms with Gasteiger partial charge in [0.15, 0.2) is 11.6 Å². The maximum atomic E-state index is 13.0. The van der Waals surface area contributed by atoms with E-state index in [0.29, 0.717) is 6.07 Å². The fourth-order valence-electron chi connectivity index (χ4n) is 1.36. The van der Waals surface area contributed by atoms with Crippen molar-refractivity contribution in [1.82, 2.24) is 4.98 Å². The summed E-state index contributed by atoms with van der Waals surface area (Å²) in [4.78, 5) is 14.3. The number of nitrogens with one attached hydrogen (secondary N) is 1. The minimum atomic E-state index is -1.16. The van der Waals surface area contributed by atoms with Crippen LogP contribution in [0.3, 0.4) is 0 Å². The van der Waals surface area contributed by atoms with Crippen LogP contribution in [0.15, 0.2) is 30.5 Å². The molecular weight excluding hydrogens is 216 g/mol. The molecule has 0 unspecified atom stereocenters. The van der Waals surface area contributed by atoms with E-state index in [0.717, 1.165) is 6.07 Å². The molecule has 0 atom stereocenters. The Labute approximate surface area is 89.3 Å². The molecule has 0 radical (unpaired) electrons. The summed E-state index contributed by atoms with van der Waals surface area (Å²) in [5.41, 5.74) is -0.250. The first-order chi connectivity index (χ1) is 7.59. The highest BCUT2D eigenvalue weighted by molar-refractivity contribution is 6.09. The average Bonchev–Trinajstić information content (AvgIpc) is 2.75. The summed E-state index contributed by atoms with van der Waals surface area (Å²) in [6.07, 6.45) is 1.50. The zero-order chi connectivity index (χ0) is 11.7. The molecule has 82 valence electrons. The topological polar surface area (TPSA) is 53.1 Å². The highest BCUT2D eigenvalue weighted by atomic mass is 19.1. The van der Waals surface area contributed by atoms with Crippen LogP contribution in [-0.4, -0.2) is 15.9 Å². The summed E-state index contributed by atoms with van der Waals surface area (Å²) < 4.78 is 25.9. The number of phenols is 1. The van der Waals surface area contributed by atoms with Crippen molar-refractivity contribution in [2.45, 2.75) is 0 Å². The van der Waals surface area contributed by atoms with E-state index < -0.39 is 28.7 Å². The molecular formula is C11H7F2NO2. The van der Waals surface area contributed by atoms with Crippen molar-refractivity contribution in [2.75, 3.05) is 0 Å². The lowest BCUT2D eigenvalue weighted by Gasteiger charge is -2.03. The molecule has 0 fully saturated rings. The average molecular weight is 223 g/mol. The molecule has 0 aliphatic heterocycles. The number of aromatic amines is 1. The normalized spacial score (nSPS) is 10.4. The number of carbonyl (C=O) groups is 1. The summed E-state index contributed by atoms with van der Waals surface area (Å²) in [5, 5.41) is 9.31. The number of halogens is 2. The second kappa shape index (κ2) is 3.77. The van der Waals surface area contributed by atoms with Crippen molar-refractivity contribution in [3.05, 3.63) is 53.4 Å². The first kappa shape index (κ1) is 10.4. The van der Waals surface area contributed by atoms with Crippen molar-refractivity contribution in [3.8, 4) is 5.75 Å². The summed E-state index contributed by atoms with van der Waals surface area (Å²) in [7, 11) is 0. The smallest absolute Gasteiger partial charge is 0.213 e. The molecule has 3 nitrogen and oxygen atoms in total. The van der Waals surface area contributed by atoms with E-state index >= 15 is 0 Å². The van der Waals surface area contributed by atoms with Gasteiger partial charge in [-0.25, -0.2) is 8.78 Å². The molecule has 0 amide bonds. The van der Waals surface area contributed by atoms with Gasteiger partial charge in [-0.05, 0) is 18.2 Å². The number of aromatic hydroxyl groups is 1. The van der Waals surface area contributed by atoms with Gasteiger partial charge in [-0.3, -0.25) is 4.79 Å². The fraction of sp³-hybridized carbons (Fsp3) is 0. The number of rotatable bonds is 2. The third-order valence-electron chi connectivity index (χ3n) is 2.12. The van der Waals surface area contributed by atoms with E-state index in [1.54, 1.807) is 6.07 Å². The molecule has 0 saturated heterocycles. The van der Waals surface area contributed by atoms with Gasteiger partial charge < -0.3 is 10.1 Å². The number of aromatic nitrogens is 1. The Hall–Kier alpha value is -2.17. The third kappa shape index (κ3) is 1.67. The van der Waals surface area contributed by atoms with Crippen LogP contribution in [0, 0.1) is 11.6 Å².